The number of carbonyl (C=O) groups is 1. The van der Waals surface area contributed by atoms with Gasteiger partial charge in [0.15, 0.2) is 11.5 Å². The van der Waals surface area contributed by atoms with Gasteiger partial charge >= 0.3 is 0 Å². The normalized spacial score (nSPS) is 14.5. The van der Waals surface area contributed by atoms with Crippen molar-refractivity contribution >= 4 is 17.5 Å². The minimum atomic E-state index is -0.0220. The quantitative estimate of drug-likeness (QED) is 0.816. The molecule has 0 saturated carbocycles. The summed E-state index contributed by atoms with van der Waals surface area (Å²) in [5.74, 6) is 2.58. The van der Waals surface area contributed by atoms with Crippen LogP contribution in [0.3, 0.4) is 0 Å². The molecular weight excluding hydrogens is 360 g/mol. The molecule has 1 N–H and O–H groups in total. The summed E-state index contributed by atoms with van der Waals surface area (Å²) in [5, 5.41) is 3.09. The van der Waals surface area contributed by atoms with Crippen molar-refractivity contribution in [1.29, 1.82) is 0 Å². The number of aromatic nitrogens is 2. The van der Waals surface area contributed by atoms with Gasteiger partial charge in [-0.3, -0.25) is 4.79 Å². The van der Waals surface area contributed by atoms with E-state index in [1.807, 2.05) is 4.90 Å². The second-order valence-electron chi connectivity index (χ2n) is 6.81. The molecular formula is C20H26N4O4. The molecule has 8 heteroatoms. The van der Waals surface area contributed by atoms with Gasteiger partial charge in [-0.1, -0.05) is 6.92 Å². The number of rotatable bonds is 6. The molecule has 3 rings (SSSR count). The molecule has 8 nitrogen and oxygen atoms in total. The van der Waals surface area contributed by atoms with Crippen molar-refractivity contribution in [3.8, 4) is 17.2 Å². The summed E-state index contributed by atoms with van der Waals surface area (Å²) < 4.78 is 16.0. The summed E-state index contributed by atoms with van der Waals surface area (Å²) >= 11 is 0. The van der Waals surface area contributed by atoms with E-state index in [0.29, 0.717) is 40.4 Å². The van der Waals surface area contributed by atoms with E-state index >= 15 is 0 Å². The number of hydrogen-bond acceptors (Lipinski definition) is 7. The van der Waals surface area contributed by atoms with E-state index in [1.54, 1.807) is 45.9 Å². The number of anilines is 2. The maximum absolute atomic E-state index is 12.6. The largest absolute Gasteiger partial charge is 0.493 e. The van der Waals surface area contributed by atoms with Crippen molar-refractivity contribution < 1.29 is 19.0 Å². The maximum atomic E-state index is 12.6. The standard InChI is InChI=1S/C20H26N4O4/c1-13-5-7-24(8-6-13)19(25)14-11-21-20(22-12-14)23-15-9-16(26-2)18(28-4)17(10-15)27-3/h9-13H,5-8H2,1-4H3,(H,21,22,23). The van der Waals surface area contributed by atoms with Crippen LogP contribution in [0.25, 0.3) is 0 Å². The smallest absolute Gasteiger partial charge is 0.256 e. The molecule has 1 saturated heterocycles. The number of ether oxygens (including phenoxy) is 3. The van der Waals surface area contributed by atoms with Crippen molar-refractivity contribution in [3.63, 3.8) is 0 Å². The van der Waals surface area contributed by atoms with Crippen LogP contribution in [-0.2, 0) is 0 Å². The van der Waals surface area contributed by atoms with Crippen LogP contribution < -0.4 is 19.5 Å². The number of benzene rings is 1. The maximum Gasteiger partial charge on any atom is 0.256 e. The van der Waals surface area contributed by atoms with Gasteiger partial charge in [-0.2, -0.15) is 0 Å². The average molecular weight is 386 g/mol. The number of hydrogen-bond donors (Lipinski definition) is 1. The van der Waals surface area contributed by atoms with Gasteiger partial charge in [-0.05, 0) is 18.8 Å². The third-order valence-corrected chi connectivity index (χ3v) is 4.89. The van der Waals surface area contributed by atoms with Gasteiger partial charge in [0, 0.05) is 43.3 Å². The van der Waals surface area contributed by atoms with Crippen molar-refractivity contribution in [2.24, 2.45) is 5.92 Å². The van der Waals surface area contributed by atoms with E-state index in [4.69, 9.17) is 14.2 Å². The Kier molecular flexibility index (Phi) is 6.18. The highest BCUT2D eigenvalue weighted by Gasteiger charge is 2.22. The zero-order chi connectivity index (χ0) is 20.1. The third-order valence-electron chi connectivity index (χ3n) is 4.89. The Labute approximate surface area is 164 Å². The molecule has 0 bridgehead atoms. The minimum absolute atomic E-state index is 0.0220. The second-order valence-corrected chi connectivity index (χ2v) is 6.81. The van der Waals surface area contributed by atoms with Crippen LogP contribution in [0.5, 0.6) is 17.2 Å². The van der Waals surface area contributed by atoms with E-state index < -0.39 is 0 Å². The molecule has 0 radical (unpaired) electrons. The van der Waals surface area contributed by atoms with Gasteiger partial charge in [-0.15, -0.1) is 0 Å². The Morgan fingerprint density at radius 3 is 2.11 bits per heavy atom. The predicted octanol–water partition coefficient (Wildman–Crippen LogP) is 3.12. The van der Waals surface area contributed by atoms with E-state index in [9.17, 15) is 4.79 Å². The number of piperidine rings is 1. The first-order chi connectivity index (χ1) is 13.5. The lowest BCUT2D eigenvalue weighted by Gasteiger charge is -2.30. The Morgan fingerprint density at radius 1 is 1.04 bits per heavy atom. The number of carbonyl (C=O) groups excluding carboxylic acids is 1. The second kappa shape index (κ2) is 8.77. The number of methoxy groups -OCH3 is 3. The molecule has 1 amide bonds. The summed E-state index contributed by atoms with van der Waals surface area (Å²) in [7, 11) is 4.66. The van der Waals surface area contributed by atoms with Gasteiger partial charge in [0.2, 0.25) is 11.7 Å². The van der Waals surface area contributed by atoms with Crippen LogP contribution >= 0.6 is 0 Å². The Hall–Kier alpha value is -3.03. The van der Waals surface area contributed by atoms with E-state index in [2.05, 4.69) is 22.2 Å². The summed E-state index contributed by atoms with van der Waals surface area (Å²) in [5.41, 5.74) is 1.17. The number of nitrogens with zero attached hydrogens (tertiary/aromatic N) is 3. The SMILES string of the molecule is COc1cc(Nc2ncc(C(=O)N3CCC(C)CC3)cn2)cc(OC)c1OC. The van der Waals surface area contributed by atoms with Crippen molar-refractivity contribution in [1.82, 2.24) is 14.9 Å². The van der Waals surface area contributed by atoms with Crippen LogP contribution in [-0.4, -0.2) is 55.2 Å². The lowest BCUT2D eigenvalue weighted by atomic mass is 9.99. The van der Waals surface area contributed by atoms with Gasteiger partial charge in [0.05, 0.1) is 26.9 Å². The lowest BCUT2D eigenvalue weighted by Crippen LogP contribution is -2.38. The highest BCUT2D eigenvalue weighted by Crippen LogP contribution is 2.40. The zero-order valence-corrected chi connectivity index (χ0v) is 16.7. The van der Waals surface area contributed by atoms with Crippen LogP contribution in [0, 0.1) is 5.92 Å². The van der Waals surface area contributed by atoms with Crippen molar-refractivity contribution in [2.45, 2.75) is 19.8 Å². The molecule has 1 fully saturated rings. The monoisotopic (exact) mass is 386 g/mol. The first-order valence-electron chi connectivity index (χ1n) is 9.24. The van der Waals surface area contributed by atoms with Crippen molar-refractivity contribution in [3.05, 3.63) is 30.1 Å². The van der Waals surface area contributed by atoms with Crippen LogP contribution in [0.1, 0.15) is 30.1 Å². The highest BCUT2D eigenvalue weighted by molar-refractivity contribution is 5.93. The average Bonchev–Trinajstić information content (AvgIpc) is 2.73. The van der Waals surface area contributed by atoms with E-state index in [1.165, 1.54) is 0 Å². The molecule has 1 aliphatic rings. The third kappa shape index (κ3) is 4.27. The first kappa shape index (κ1) is 19.7. The fraction of sp³-hybridized carbons (Fsp3) is 0.450. The Balaban J connectivity index is 1.73. The molecule has 0 aliphatic carbocycles. The molecule has 1 aliphatic heterocycles. The number of amides is 1. The Morgan fingerprint density at radius 2 is 1.61 bits per heavy atom. The molecule has 28 heavy (non-hydrogen) atoms. The summed E-state index contributed by atoms with van der Waals surface area (Å²) in [6.07, 6.45) is 5.17. The molecule has 1 aromatic carbocycles. The van der Waals surface area contributed by atoms with Gasteiger partial charge in [0.1, 0.15) is 0 Å². The summed E-state index contributed by atoms with van der Waals surface area (Å²) in [6.45, 7) is 3.78. The Bertz CT molecular complexity index is 792. The number of likely N-dealkylation sites (tertiary alicyclic amines) is 1. The van der Waals surface area contributed by atoms with Gasteiger partial charge in [0.25, 0.3) is 5.91 Å². The molecule has 2 aromatic rings. The topological polar surface area (TPSA) is 85.8 Å². The van der Waals surface area contributed by atoms with Crippen LogP contribution in [0.15, 0.2) is 24.5 Å². The molecule has 0 spiro atoms. The van der Waals surface area contributed by atoms with Gasteiger partial charge in [-0.25, -0.2) is 9.97 Å². The van der Waals surface area contributed by atoms with Crippen LogP contribution in [0.2, 0.25) is 0 Å². The zero-order valence-electron chi connectivity index (χ0n) is 16.7. The molecule has 1 aromatic heterocycles. The fourth-order valence-corrected chi connectivity index (χ4v) is 3.18. The fourth-order valence-electron chi connectivity index (χ4n) is 3.18. The minimum Gasteiger partial charge on any atom is -0.493 e. The lowest BCUT2D eigenvalue weighted by molar-refractivity contribution is 0.0696. The molecule has 0 unspecified atom stereocenters. The van der Waals surface area contributed by atoms with Crippen LogP contribution in [0.4, 0.5) is 11.6 Å². The predicted molar refractivity (Wildman–Crippen MR) is 106 cm³/mol. The molecule has 0 atom stereocenters. The summed E-state index contributed by atoms with van der Waals surface area (Å²) in [4.78, 5) is 23.0. The van der Waals surface area contributed by atoms with E-state index in [-0.39, 0.29) is 5.91 Å². The van der Waals surface area contributed by atoms with Gasteiger partial charge < -0.3 is 24.4 Å². The number of nitrogens with one attached hydrogen (secondary N) is 1. The van der Waals surface area contributed by atoms with Crippen molar-refractivity contribution in [2.75, 3.05) is 39.7 Å². The summed E-state index contributed by atoms with van der Waals surface area (Å²) in [6, 6.07) is 3.53. The highest BCUT2D eigenvalue weighted by atomic mass is 16.5. The van der Waals surface area contributed by atoms with E-state index in [0.717, 1.165) is 25.9 Å². The first-order valence-corrected chi connectivity index (χ1v) is 9.24. The molecule has 2 heterocycles. The molecule has 150 valence electrons.